The molecule has 0 bridgehead atoms. The third kappa shape index (κ3) is 2.91. The number of nitrogens with one attached hydrogen (secondary N) is 4. The van der Waals surface area contributed by atoms with Crippen LogP contribution < -0.4 is 26.2 Å². The number of aryl methyl sites for hydroxylation is 1. The second-order valence-electron chi connectivity index (χ2n) is 9.51. The van der Waals surface area contributed by atoms with Gasteiger partial charge < -0.3 is 15.4 Å². The Morgan fingerprint density at radius 3 is 3.00 bits per heavy atom. The summed E-state index contributed by atoms with van der Waals surface area (Å²) in [6.45, 7) is 1.85. The molecule has 3 heterocycles. The van der Waals surface area contributed by atoms with Gasteiger partial charge in [-0.2, -0.15) is 0 Å². The highest BCUT2D eigenvalue weighted by Crippen LogP contribution is 2.65. The van der Waals surface area contributed by atoms with Crippen LogP contribution in [0.1, 0.15) is 37.1 Å². The minimum atomic E-state index is -0.537. The van der Waals surface area contributed by atoms with Crippen molar-refractivity contribution in [1.29, 1.82) is 0 Å². The van der Waals surface area contributed by atoms with Gasteiger partial charge in [0.05, 0.1) is 24.9 Å². The Balaban J connectivity index is 1.16. The van der Waals surface area contributed by atoms with Gasteiger partial charge in [0.2, 0.25) is 5.91 Å². The van der Waals surface area contributed by atoms with E-state index in [9.17, 15) is 9.18 Å². The number of carbonyl (C=O) groups is 1. The number of ether oxygens (including phenoxy) is 1. The van der Waals surface area contributed by atoms with Crippen molar-refractivity contribution in [2.75, 3.05) is 17.7 Å². The van der Waals surface area contributed by atoms with Crippen LogP contribution in [0.4, 0.5) is 15.9 Å². The van der Waals surface area contributed by atoms with Crippen molar-refractivity contribution < 1.29 is 13.9 Å². The highest BCUT2D eigenvalue weighted by atomic mass is 19.1. The second-order valence-corrected chi connectivity index (χ2v) is 9.51. The Bertz CT molecular complexity index is 1100. The molecule has 2 aromatic rings. The number of hydrazine groups is 1. The van der Waals surface area contributed by atoms with E-state index in [2.05, 4.69) is 31.5 Å². The molecular weight excluding hydrogens is 411 g/mol. The molecular formula is C23H27FN6O2. The summed E-state index contributed by atoms with van der Waals surface area (Å²) < 4.78 is 19.3. The van der Waals surface area contributed by atoms with Gasteiger partial charge in [-0.1, -0.05) is 0 Å². The zero-order valence-corrected chi connectivity index (χ0v) is 18.1. The molecule has 32 heavy (non-hydrogen) atoms. The molecule has 1 saturated heterocycles. The number of hydrogen-bond acceptors (Lipinski definition) is 7. The van der Waals surface area contributed by atoms with E-state index in [-0.39, 0.29) is 23.8 Å². The van der Waals surface area contributed by atoms with Crippen molar-refractivity contribution >= 4 is 17.4 Å². The number of aromatic nitrogens is 2. The first kappa shape index (κ1) is 19.9. The number of benzene rings is 1. The Hall–Kier alpha value is -2.78. The molecule has 3 fully saturated rings. The van der Waals surface area contributed by atoms with Crippen molar-refractivity contribution in [3.63, 3.8) is 0 Å². The van der Waals surface area contributed by atoms with E-state index in [0.717, 1.165) is 36.9 Å². The summed E-state index contributed by atoms with van der Waals surface area (Å²) in [7, 11) is 1.61. The van der Waals surface area contributed by atoms with Crippen LogP contribution in [0.2, 0.25) is 0 Å². The van der Waals surface area contributed by atoms with Gasteiger partial charge in [0.25, 0.3) is 0 Å². The molecule has 168 valence electrons. The maximum atomic E-state index is 13.9. The van der Waals surface area contributed by atoms with Gasteiger partial charge in [0, 0.05) is 17.6 Å². The van der Waals surface area contributed by atoms with E-state index >= 15 is 0 Å². The minimum absolute atomic E-state index is 0.0296. The molecule has 2 saturated carbocycles. The molecule has 8 nitrogen and oxygen atoms in total. The van der Waals surface area contributed by atoms with Crippen LogP contribution in [0.3, 0.4) is 0 Å². The summed E-state index contributed by atoms with van der Waals surface area (Å²) in [5, 5.41) is 6.45. The summed E-state index contributed by atoms with van der Waals surface area (Å²) in [6.07, 6.45) is 5.59. The highest BCUT2D eigenvalue weighted by Gasteiger charge is 2.67. The number of fused-ring (bicyclic) bond motifs is 3. The van der Waals surface area contributed by atoms with Gasteiger partial charge in [0.15, 0.2) is 11.6 Å². The number of nitrogens with zero attached hydrogens (tertiary/aromatic N) is 2. The zero-order chi connectivity index (χ0) is 22.0. The summed E-state index contributed by atoms with van der Waals surface area (Å²) in [5.41, 5.74) is 7.92. The third-order valence-electron chi connectivity index (χ3n) is 7.88. The Labute approximate surface area is 185 Å². The van der Waals surface area contributed by atoms with Crippen LogP contribution in [0.15, 0.2) is 24.4 Å². The van der Waals surface area contributed by atoms with E-state index in [1.165, 1.54) is 6.07 Å². The van der Waals surface area contributed by atoms with E-state index in [4.69, 9.17) is 4.74 Å². The third-order valence-corrected chi connectivity index (χ3v) is 7.88. The van der Waals surface area contributed by atoms with E-state index < -0.39 is 5.41 Å². The molecule has 1 aromatic heterocycles. The van der Waals surface area contributed by atoms with Gasteiger partial charge in [-0.3, -0.25) is 10.2 Å². The fourth-order valence-corrected chi connectivity index (χ4v) is 6.24. The van der Waals surface area contributed by atoms with Gasteiger partial charge >= 0.3 is 0 Å². The summed E-state index contributed by atoms with van der Waals surface area (Å²) in [4.78, 5) is 21.5. The number of carbonyl (C=O) groups excluding carboxylic acids is 1. The molecule has 1 amide bonds. The topological polar surface area (TPSA) is 100 Å². The van der Waals surface area contributed by atoms with Crippen LogP contribution in [0.5, 0.6) is 5.75 Å². The summed E-state index contributed by atoms with van der Waals surface area (Å²) in [6, 6.07) is 4.95. The largest absolute Gasteiger partial charge is 0.491 e. The van der Waals surface area contributed by atoms with Gasteiger partial charge in [-0.25, -0.2) is 19.8 Å². The number of anilines is 2. The van der Waals surface area contributed by atoms with Crippen LogP contribution in [-0.2, 0) is 10.2 Å². The fraction of sp³-hybridized carbons (Fsp3) is 0.522. The van der Waals surface area contributed by atoms with E-state index in [1.54, 1.807) is 25.4 Å². The molecule has 6 atom stereocenters. The molecule has 9 heteroatoms. The molecule has 4 N–H and O–H groups in total. The van der Waals surface area contributed by atoms with Gasteiger partial charge in [-0.05, 0) is 68.2 Å². The predicted molar refractivity (Wildman–Crippen MR) is 116 cm³/mol. The first-order chi connectivity index (χ1) is 15.5. The molecule has 6 rings (SSSR count). The van der Waals surface area contributed by atoms with E-state index in [0.29, 0.717) is 35.3 Å². The standard InChI is InChI=1S/C23H27FN6O2/c1-11-25-10-19(32-2)21(26-11)28-20-14-5-3-12(7-18(14)29-30-20)16-9-23(16)15-8-13(24)4-6-17(15)27-22(23)31/h4,6,8,10,12,14,16,18,20,29-30H,3,5,7,9H2,1-2H3,(H,27,31)(H,25,26,28)/t12?,14?,16-,18?,20?,23-/m0/s1. The zero-order valence-electron chi connectivity index (χ0n) is 18.1. The monoisotopic (exact) mass is 438 g/mol. The first-order valence-electron chi connectivity index (χ1n) is 11.3. The fourth-order valence-electron chi connectivity index (χ4n) is 6.24. The van der Waals surface area contributed by atoms with Gasteiger partial charge in [-0.15, -0.1) is 0 Å². The lowest BCUT2D eigenvalue weighted by Gasteiger charge is -2.34. The predicted octanol–water partition coefficient (Wildman–Crippen LogP) is 2.47. The van der Waals surface area contributed by atoms with Crippen LogP contribution in [0, 0.1) is 30.5 Å². The number of rotatable bonds is 4. The molecule has 1 aromatic carbocycles. The quantitative estimate of drug-likeness (QED) is 0.582. The lowest BCUT2D eigenvalue weighted by Crippen LogP contribution is -2.39. The molecule has 2 aliphatic carbocycles. The second kappa shape index (κ2) is 7.11. The average molecular weight is 439 g/mol. The maximum absolute atomic E-state index is 13.9. The lowest BCUT2D eigenvalue weighted by molar-refractivity contribution is -0.118. The first-order valence-corrected chi connectivity index (χ1v) is 11.3. The number of hydrogen-bond donors (Lipinski definition) is 4. The highest BCUT2D eigenvalue weighted by molar-refractivity contribution is 6.08. The average Bonchev–Trinajstić information content (AvgIpc) is 3.34. The van der Waals surface area contributed by atoms with Crippen molar-refractivity contribution in [2.24, 2.45) is 17.8 Å². The normalized spacial score (nSPS) is 34.7. The Kier molecular flexibility index (Phi) is 4.42. The number of halogens is 1. The van der Waals surface area contributed by atoms with Crippen molar-refractivity contribution in [3.05, 3.63) is 41.6 Å². The molecule has 1 spiro atoms. The van der Waals surface area contributed by atoms with Crippen LogP contribution >= 0.6 is 0 Å². The molecule has 0 radical (unpaired) electrons. The number of amides is 1. The molecule has 2 aliphatic heterocycles. The van der Waals surface area contributed by atoms with E-state index in [1.807, 2.05) is 6.92 Å². The summed E-state index contributed by atoms with van der Waals surface area (Å²) >= 11 is 0. The van der Waals surface area contributed by atoms with Crippen LogP contribution in [-0.4, -0.2) is 35.2 Å². The maximum Gasteiger partial charge on any atom is 0.235 e. The minimum Gasteiger partial charge on any atom is -0.491 e. The lowest BCUT2D eigenvalue weighted by atomic mass is 9.74. The Morgan fingerprint density at radius 2 is 2.16 bits per heavy atom. The van der Waals surface area contributed by atoms with Gasteiger partial charge in [0.1, 0.15) is 11.6 Å². The molecule has 4 aliphatic rings. The van der Waals surface area contributed by atoms with Crippen molar-refractivity contribution in [2.45, 2.75) is 50.2 Å². The van der Waals surface area contributed by atoms with Crippen molar-refractivity contribution in [3.8, 4) is 5.75 Å². The summed E-state index contributed by atoms with van der Waals surface area (Å²) in [5.74, 6) is 2.84. The Morgan fingerprint density at radius 1 is 1.28 bits per heavy atom. The number of methoxy groups -OCH3 is 1. The van der Waals surface area contributed by atoms with Crippen molar-refractivity contribution in [1.82, 2.24) is 20.8 Å². The molecule has 4 unspecified atom stereocenters. The smallest absolute Gasteiger partial charge is 0.235 e. The SMILES string of the molecule is COc1cnc(C)nc1NC1NNC2CC([C@@H]3C[C@@]34C(=O)Nc3ccc(F)cc34)CCC21. The van der Waals surface area contributed by atoms with Crippen LogP contribution in [0.25, 0.3) is 0 Å².